The van der Waals surface area contributed by atoms with E-state index in [1.165, 1.54) is 5.75 Å². The number of hydrogen-bond donors (Lipinski definition) is 0. The molecule has 0 amide bonds. The van der Waals surface area contributed by atoms with Gasteiger partial charge in [0.15, 0.2) is 5.78 Å². The largest absolute Gasteiger partial charge is 0.298 e. The van der Waals surface area contributed by atoms with Gasteiger partial charge in [-0.05, 0) is 6.92 Å². The van der Waals surface area contributed by atoms with Crippen LogP contribution in [0.15, 0.2) is 5.38 Å². The molecule has 2 nitrogen and oxygen atoms in total. The minimum absolute atomic E-state index is 0.202. The molecule has 82 valence electrons. The Hall–Kier alpha value is -0.0000000000000000555. The number of hydrogen-bond acceptors (Lipinski definition) is 5. The van der Waals surface area contributed by atoms with Crippen LogP contribution in [0.1, 0.15) is 10.7 Å². The van der Waals surface area contributed by atoms with Crippen LogP contribution in [-0.2, 0) is 11.2 Å². The van der Waals surface area contributed by atoms with E-state index in [1.54, 1.807) is 23.1 Å². The summed E-state index contributed by atoms with van der Waals surface area (Å²) >= 11 is 5.29. The van der Waals surface area contributed by atoms with Gasteiger partial charge in [0.1, 0.15) is 5.01 Å². The second-order valence-electron chi connectivity index (χ2n) is 3.46. The summed E-state index contributed by atoms with van der Waals surface area (Å²) in [5, 5.41) is 3.17. The van der Waals surface area contributed by atoms with Gasteiger partial charge in [-0.25, -0.2) is 4.98 Å². The number of thioether (sulfide) groups is 2. The highest BCUT2D eigenvalue weighted by Crippen LogP contribution is 2.25. The van der Waals surface area contributed by atoms with E-state index in [4.69, 9.17) is 0 Å². The van der Waals surface area contributed by atoms with Gasteiger partial charge in [0.2, 0.25) is 0 Å². The lowest BCUT2D eigenvalue weighted by Gasteiger charge is -2.18. The molecule has 0 radical (unpaired) electrons. The van der Waals surface area contributed by atoms with Crippen LogP contribution in [0.3, 0.4) is 0 Å². The van der Waals surface area contributed by atoms with Crippen molar-refractivity contribution in [2.45, 2.75) is 18.6 Å². The number of nitrogens with zero attached hydrogens (tertiary/aromatic N) is 1. The van der Waals surface area contributed by atoms with E-state index < -0.39 is 0 Å². The topological polar surface area (TPSA) is 30.0 Å². The van der Waals surface area contributed by atoms with Crippen molar-refractivity contribution in [3.05, 3.63) is 16.1 Å². The molecular formula is C10H13NOS3. The minimum atomic E-state index is 0.202. The third-order valence-electron chi connectivity index (χ3n) is 2.17. The molecule has 5 heteroatoms. The average Bonchev–Trinajstić information content (AvgIpc) is 2.65. The summed E-state index contributed by atoms with van der Waals surface area (Å²) in [6.45, 7) is 1.97. The predicted molar refractivity (Wildman–Crippen MR) is 69.1 cm³/mol. The molecule has 1 aliphatic rings. The zero-order valence-corrected chi connectivity index (χ0v) is 11.0. The Morgan fingerprint density at radius 2 is 2.47 bits per heavy atom. The van der Waals surface area contributed by atoms with Crippen LogP contribution in [0.25, 0.3) is 0 Å². The number of aromatic nitrogens is 1. The average molecular weight is 259 g/mol. The Labute approximate surface area is 102 Å². The van der Waals surface area contributed by atoms with E-state index in [1.807, 2.05) is 24.1 Å². The van der Waals surface area contributed by atoms with Gasteiger partial charge in [0.05, 0.1) is 11.7 Å². The van der Waals surface area contributed by atoms with Crippen LogP contribution in [0, 0.1) is 6.92 Å². The summed E-state index contributed by atoms with van der Waals surface area (Å²) in [7, 11) is 0. The maximum absolute atomic E-state index is 11.9. The van der Waals surface area contributed by atoms with E-state index in [9.17, 15) is 4.79 Å². The molecule has 0 spiro atoms. The van der Waals surface area contributed by atoms with Crippen LogP contribution in [0.5, 0.6) is 0 Å². The van der Waals surface area contributed by atoms with Gasteiger partial charge in [-0.1, -0.05) is 0 Å². The molecule has 1 aromatic heterocycles. The lowest BCUT2D eigenvalue weighted by molar-refractivity contribution is -0.117. The monoisotopic (exact) mass is 259 g/mol. The zero-order valence-electron chi connectivity index (χ0n) is 8.56. The molecule has 2 heterocycles. The maximum Gasteiger partial charge on any atom is 0.153 e. The van der Waals surface area contributed by atoms with E-state index in [0.29, 0.717) is 12.2 Å². The summed E-state index contributed by atoms with van der Waals surface area (Å²) in [6, 6.07) is 0. The summed E-state index contributed by atoms with van der Waals surface area (Å²) in [5.74, 6) is 3.62. The molecule has 0 bridgehead atoms. The van der Waals surface area contributed by atoms with Gasteiger partial charge >= 0.3 is 0 Å². The number of carbonyl (C=O) groups is 1. The molecule has 1 saturated heterocycles. The highest BCUT2D eigenvalue weighted by atomic mass is 32.2. The van der Waals surface area contributed by atoms with Crippen LogP contribution < -0.4 is 0 Å². The molecule has 1 aromatic rings. The van der Waals surface area contributed by atoms with Crippen LogP contribution in [-0.4, -0.2) is 33.3 Å². The van der Waals surface area contributed by atoms with Crippen LogP contribution in [0.4, 0.5) is 0 Å². The normalized spacial score (nSPS) is 21.5. The quantitative estimate of drug-likeness (QED) is 0.834. The minimum Gasteiger partial charge on any atom is -0.298 e. The number of rotatable bonds is 3. The molecule has 0 N–H and O–H groups in total. The van der Waals surface area contributed by atoms with Crippen molar-refractivity contribution < 1.29 is 4.79 Å². The fourth-order valence-corrected chi connectivity index (χ4v) is 4.85. The fraction of sp³-hybridized carbons (Fsp3) is 0.600. The zero-order chi connectivity index (χ0) is 10.7. The first-order valence-corrected chi connectivity index (χ1v) is 7.97. The fourth-order valence-electron chi connectivity index (χ4n) is 1.42. The summed E-state index contributed by atoms with van der Waals surface area (Å²) in [5.41, 5.74) is 1.02. The molecule has 2 rings (SSSR count). The lowest BCUT2D eigenvalue weighted by atomic mass is 10.2. The van der Waals surface area contributed by atoms with Gasteiger partial charge in [0, 0.05) is 28.3 Å². The van der Waals surface area contributed by atoms with E-state index in [-0.39, 0.29) is 5.25 Å². The van der Waals surface area contributed by atoms with Gasteiger partial charge in [-0.2, -0.15) is 11.8 Å². The van der Waals surface area contributed by atoms with Crippen molar-refractivity contribution in [3.63, 3.8) is 0 Å². The van der Waals surface area contributed by atoms with Crippen molar-refractivity contribution in [1.82, 2.24) is 4.98 Å². The molecular weight excluding hydrogens is 246 g/mol. The first-order valence-electron chi connectivity index (χ1n) is 4.89. The standard InChI is InChI=1S/C10H13NOS3/c1-7-5-15-10(11-7)4-8(12)9-6-13-2-3-14-9/h5,9H,2-4,6H2,1H3. The van der Waals surface area contributed by atoms with Crippen molar-refractivity contribution in [1.29, 1.82) is 0 Å². The molecule has 1 fully saturated rings. The number of Topliss-reactive ketones (excluding diaryl/α,β-unsaturated/α-hetero) is 1. The smallest absolute Gasteiger partial charge is 0.153 e. The summed E-state index contributed by atoms with van der Waals surface area (Å²) in [4.78, 5) is 16.2. The molecule has 0 aromatic carbocycles. The number of thiazole rings is 1. The second-order valence-corrected chi connectivity index (χ2v) is 6.86. The van der Waals surface area contributed by atoms with Crippen molar-refractivity contribution >= 4 is 40.6 Å². The molecule has 1 unspecified atom stereocenters. The number of ketones is 1. The highest BCUT2D eigenvalue weighted by Gasteiger charge is 2.22. The summed E-state index contributed by atoms with van der Waals surface area (Å²) < 4.78 is 0. The SMILES string of the molecule is Cc1csc(CC(=O)C2CSCCS2)n1. The lowest BCUT2D eigenvalue weighted by Crippen LogP contribution is -2.25. The highest BCUT2D eigenvalue weighted by molar-refractivity contribution is 8.07. The third-order valence-corrected chi connectivity index (χ3v) is 5.94. The van der Waals surface area contributed by atoms with E-state index in [0.717, 1.165) is 22.2 Å². The predicted octanol–water partition coefficient (Wildman–Crippen LogP) is 2.41. The van der Waals surface area contributed by atoms with Gasteiger partial charge in [0.25, 0.3) is 0 Å². The Balaban J connectivity index is 1.91. The van der Waals surface area contributed by atoms with Crippen LogP contribution in [0.2, 0.25) is 0 Å². The molecule has 0 saturated carbocycles. The van der Waals surface area contributed by atoms with E-state index >= 15 is 0 Å². The Kier molecular flexibility index (Phi) is 4.11. The van der Waals surface area contributed by atoms with Gasteiger partial charge < -0.3 is 0 Å². The molecule has 15 heavy (non-hydrogen) atoms. The van der Waals surface area contributed by atoms with Crippen LogP contribution >= 0.6 is 34.9 Å². The second kappa shape index (κ2) is 5.37. The van der Waals surface area contributed by atoms with Gasteiger partial charge in [-0.15, -0.1) is 23.1 Å². The molecule has 1 atom stereocenters. The number of carbonyl (C=O) groups excluding carboxylic acids is 1. The van der Waals surface area contributed by atoms with E-state index in [2.05, 4.69) is 4.98 Å². The summed E-state index contributed by atoms with van der Waals surface area (Å²) in [6.07, 6.45) is 0.525. The Morgan fingerprint density at radius 1 is 1.60 bits per heavy atom. The first-order chi connectivity index (χ1) is 7.25. The first kappa shape index (κ1) is 11.5. The molecule has 1 aliphatic heterocycles. The number of aryl methyl sites for hydroxylation is 1. The Morgan fingerprint density at radius 3 is 3.07 bits per heavy atom. The third kappa shape index (κ3) is 3.23. The van der Waals surface area contributed by atoms with Crippen molar-refractivity contribution in [2.24, 2.45) is 0 Å². The Bertz CT molecular complexity index is 344. The van der Waals surface area contributed by atoms with Crippen molar-refractivity contribution in [2.75, 3.05) is 17.3 Å². The molecule has 0 aliphatic carbocycles. The van der Waals surface area contributed by atoms with Gasteiger partial charge in [-0.3, -0.25) is 4.79 Å². The maximum atomic E-state index is 11.9. The van der Waals surface area contributed by atoms with Crippen molar-refractivity contribution in [3.8, 4) is 0 Å².